The first-order valence-corrected chi connectivity index (χ1v) is 3.44. The van der Waals surface area contributed by atoms with Crippen molar-refractivity contribution in [3.8, 4) is 0 Å². The Morgan fingerprint density at radius 1 is 1.42 bits per heavy atom. The summed E-state index contributed by atoms with van der Waals surface area (Å²) in [7, 11) is 0. The molecule has 0 radical (unpaired) electrons. The third-order valence-electron chi connectivity index (χ3n) is 0.917. The van der Waals surface area contributed by atoms with E-state index in [9.17, 15) is 9.59 Å². The zero-order chi connectivity index (χ0) is 9.40. The number of rotatable bonds is 3. The molecule has 4 nitrogen and oxygen atoms in total. The van der Waals surface area contributed by atoms with Gasteiger partial charge in [0.25, 0.3) is 0 Å². The minimum atomic E-state index is -0.731. The van der Waals surface area contributed by atoms with Crippen molar-refractivity contribution < 1.29 is 14.3 Å². The maximum absolute atomic E-state index is 10.7. The van der Waals surface area contributed by atoms with E-state index in [0.29, 0.717) is 0 Å². The lowest BCUT2D eigenvalue weighted by atomic mass is 10.4. The number of allylic oxidation sites excluding steroid dienone is 3. The fourth-order valence-electron chi connectivity index (χ4n) is 0.433. The van der Waals surface area contributed by atoms with Crippen LogP contribution in [0.25, 0.3) is 0 Å². The molecule has 0 rings (SSSR count). The molecule has 0 aromatic rings. The van der Waals surface area contributed by atoms with Crippen LogP contribution in [0.4, 0.5) is 0 Å². The zero-order valence-corrected chi connectivity index (χ0v) is 6.82. The first-order valence-electron chi connectivity index (χ1n) is 3.44. The number of carbonyl (C=O) groups is 2. The molecule has 0 aromatic heterocycles. The predicted octanol–water partition coefficient (Wildman–Crippen LogP) is 0.147. The van der Waals surface area contributed by atoms with Crippen molar-refractivity contribution in [2.45, 2.75) is 6.92 Å². The summed E-state index contributed by atoms with van der Waals surface area (Å²) in [6.45, 7) is 1.52. The van der Waals surface area contributed by atoms with Gasteiger partial charge in [-0.15, -0.1) is 0 Å². The van der Waals surface area contributed by atoms with E-state index in [4.69, 9.17) is 5.73 Å². The molecule has 0 unspecified atom stereocenters. The highest BCUT2D eigenvalue weighted by Gasteiger charge is 2.02. The van der Waals surface area contributed by atoms with Gasteiger partial charge in [0.05, 0.1) is 6.54 Å². The summed E-state index contributed by atoms with van der Waals surface area (Å²) in [5.41, 5.74) is 4.91. The third-order valence-corrected chi connectivity index (χ3v) is 0.917. The van der Waals surface area contributed by atoms with Crippen LogP contribution in [0.3, 0.4) is 0 Å². The average Bonchev–Trinajstić information content (AvgIpc) is 2.05. The Bertz CT molecular complexity index is 218. The van der Waals surface area contributed by atoms with E-state index in [-0.39, 0.29) is 6.54 Å². The summed E-state index contributed by atoms with van der Waals surface area (Å²) < 4.78 is 4.22. The van der Waals surface area contributed by atoms with Crippen LogP contribution in [-0.4, -0.2) is 18.5 Å². The molecule has 0 heterocycles. The maximum Gasteiger partial charge on any atom is 0.338 e. The summed E-state index contributed by atoms with van der Waals surface area (Å²) in [5.74, 6) is -1.44. The van der Waals surface area contributed by atoms with Crippen LogP contribution in [0, 0.1) is 0 Å². The Kier molecular flexibility index (Phi) is 5.55. The van der Waals surface area contributed by atoms with Gasteiger partial charge in [-0.3, -0.25) is 4.79 Å². The average molecular weight is 169 g/mol. The Labute approximate surface area is 70.7 Å². The molecular formula is C8H11NO3. The van der Waals surface area contributed by atoms with Crippen molar-refractivity contribution in [1.82, 2.24) is 0 Å². The number of esters is 2. The van der Waals surface area contributed by atoms with Crippen molar-refractivity contribution in [2.75, 3.05) is 6.54 Å². The molecule has 0 fully saturated rings. The number of hydrogen-bond acceptors (Lipinski definition) is 4. The number of hydrogen-bond donors (Lipinski definition) is 1. The number of carbonyl (C=O) groups excluding carboxylic acids is 2. The molecule has 66 valence electrons. The van der Waals surface area contributed by atoms with Gasteiger partial charge in [0.15, 0.2) is 0 Å². The molecule has 12 heavy (non-hydrogen) atoms. The first-order chi connectivity index (χ1) is 5.70. The highest BCUT2D eigenvalue weighted by Crippen LogP contribution is 1.83. The number of ether oxygens (including phenoxy) is 1. The molecule has 0 bridgehead atoms. The molecule has 4 heteroatoms. The molecule has 0 amide bonds. The zero-order valence-electron chi connectivity index (χ0n) is 6.82. The van der Waals surface area contributed by atoms with Gasteiger partial charge in [0.2, 0.25) is 0 Å². The smallest absolute Gasteiger partial charge is 0.338 e. The molecule has 0 aliphatic rings. The van der Waals surface area contributed by atoms with Crippen LogP contribution in [-0.2, 0) is 14.3 Å². The summed E-state index contributed by atoms with van der Waals surface area (Å²) >= 11 is 0. The highest BCUT2D eigenvalue weighted by molar-refractivity contribution is 5.92. The second-order valence-electron chi connectivity index (χ2n) is 1.88. The molecular weight excluding hydrogens is 158 g/mol. The third kappa shape index (κ3) is 5.37. The predicted molar refractivity (Wildman–Crippen MR) is 44.1 cm³/mol. The van der Waals surface area contributed by atoms with Gasteiger partial charge in [-0.05, 0) is 6.92 Å². The van der Waals surface area contributed by atoms with Crippen LogP contribution in [0.15, 0.2) is 24.3 Å². The topological polar surface area (TPSA) is 69.4 Å². The second-order valence-corrected chi connectivity index (χ2v) is 1.88. The fraction of sp³-hybridized carbons (Fsp3) is 0.250. The van der Waals surface area contributed by atoms with E-state index in [1.165, 1.54) is 6.08 Å². The van der Waals surface area contributed by atoms with Gasteiger partial charge in [-0.1, -0.05) is 18.2 Å². The van der Waals surface area contributed by atoms with E-state index < -0.39 is 11.9 Å². The summed E-state index contributed by atoms with van der Waals surface area (Å²) in [6, 6.07) is 0. The van der Waals surface area contributed by atoms with Crippen molar-refractivity contribution >= 4 is 11.9 Å². The molecule has 0 spiro atoms. The van der Waals surface area contributed by atoms with Gasteiger partial charge in [0, 0.05) is 6.08 Å². The van der Waals surface area contributed by atoms with Gasteiger partial charge < -0.3 is 10.5 Å². The van der Waals surface area contributed by atoms with E-state index >= 15 is 0 Å². The summed E-state index contributed by atoms with van der Waals surface area (Å²) in [4.78, 5) is 21.1. The lowest BCUT2D eigenvalue weighted by Gasteiger charge is -1.93. The van der Waals surface area contributed by atoms with Crippen LogP contribution < -0.4 is 5.73 Å². The summed E-state index contributed by atoms with van der Waals surface area (Å²) in [6.07, 6.45) is 6.02. The largest absolute Gasteiger partial charge is 0.389 e. The summed E-state index contributed by atoms with van der Waals surface area (Å²) in [5, 5.41) is 0. The molecule has 0 aliphatic heterocycles. The van der Waals surface area contributed by atoms with Gasteiger partial charge in [0.1, 0.15) is 0 Å². The lowest BCUT2D eigenvalue weighted by Crippen LogP contribution is -2.19. The molecule has 0 atom stereocenters. The highest BCUT2D eigenvalue weighted by atomic mass is 16.6. The quantitative estimate of drug-likeness (QED) is 0.282. The van der Waals surface area contributed by atoms with E-state index in [0.717, 1.165) is 6.08 Å². The SMILES string of the molecule is C/C=C/C=C/C(=O)OC(=O)CN. The van der Waals surface area contributed by atoms with E-state index in [1.807, 2.05) is 0 Å². The number of nitrogens with two attached hydrogens (primary N) is 1. The Balaban J connectivity index is 3.81. The first kappa shape index (κ1) is 10.6. The van der Waals surface area contributed by atoms with Crippen LogP contribution >= 0.6 is 0 Å². The van der Waals surface area contributed by atoms with E-state index in [2.05, 4.69) is 4.74 Å². The Hall–Kier alpha value is -1.42. The minimum Gasteiger partial charge on any atom is -0.389 e. The van der Waals surface area contributed by atoms with Crippen molar-refractivity contribution in [3.05, 3.63) is 24.3 Å². The van der Waals surface area contributed by atoms with Crippen molar-refractivity contribution in [2.24, 2.45) is 5.73 Å². The van der Waals surface area contributed by atoms with Crippen molar-refractivity contribution in [1.29, 1.82) is 0 Å². The van der Waals surface area contributed by atoms with Crippen LogP contribution in [0.1, 0.15) is 6.92 Å². The molecule has 0 aliphatic carbocycles. The lowest BCUT2D eigenvalue weighted by molar-refractivity contribution is -0.155. The van der Waals surface area contributed by atoms with Gasteiger partial charge >= 0.3 is 11.9 Å². The molecule has 0 aromatic carbocycles. The molecule has 0 saturated heterocycles. The standard InChI is InChI=1S/C8H11NO3/c1-2-3-4-5-7(10)12-8(11)6-9/h2-5H,6,9H2,1H3/b3-2+,5-4+. The maximum atomic E-state index is 10.7. The second kappa shape index (κ2) is 6.30. The van der Waals surface area contributed by atoms with Crippen LogP contribution in [0.2, 0.25) is 0 Å². The van der Waals surface area contributed by atoms with Gasteiger partial charge in [-0.2, -0.15) is 0 Å². The minimum absolute atomic E-state index is 0.288. The monoisotopic (exact) mass is 169 g/mol. The van der Waals surface area contributed by atoms with Crippen molar-refractivity contribution in [3.63, 3.8) is 0 Å². The Morgan fingerprint density at radius 3 is 2.58 bits per heavy atom. The normalized spacial score (nSPS) is 10.8. The molecule has 0 saturated carbocycles. The fourth-order valence-corrected chi connectivity index (χ4v) is 0.433. The van der Waals surface area contributed by atoms with Gasteiger partial charge in [-0.25, -0.2) is 4.79 Å². The van der Waals surface area contributed by atoms with E-state index in [1.54, 1.807) is 19.1 Å². The Morgan fingerprint density at radius 2 is 2.08 bits per heavy atom. The molecule has 2 N–H and O–H groups in total. The van der Waals surface area contributed by atoms with Crippen LogP contribution in [0.5, 0.6) is 0 Å².